The van der Waals surface area contributed by atoms with Gasteiger partial charge < -0.3 is 5.32 Å². The maximum absolute atomic E-state index is 11.6. The van der Waals surface area contributed by atoms with Crippen molar-refractivity contribution < 1.29 is 13.2 Å². The van der Waals surface area contributed by atoms with E-state index in [1.165, 1.54) is 0 Å². The van der Waals surface area contributed by atoms with E-state index in [9.17, 15) is 13.2 Å². The summed E-state index contributed by atoms with van der Waals surface area (Å²) < 4.78 is 23.2. The molecule has 1 heterocycles. The molecule has 6 heteroatoms. The molecule has 1 atom stereocenters. The second kappa shape index (κ2) is 5.85. The van der Waals surface area contributed by atoms with Crippen LogP contribution in [0.15, 0.2) is 0 Å². The van der Waals surface area contributed by atoms with Gasteiger partial charge in [-0.3, -0.25) is 4.79 Å². The molecule has 1 fully saturated rings. The lowest BCUT2D eigenvalue weighted by molar-refractivity contribution is -0.120. The van der Waals surface area contributed by atoms with Gasteiger partial charge in [-0.25, -0.2) is 8.42 Å². The zero-order chi connectivity index (χ0) is 12.0. The highest BCUT2D eigenvalue weighted by Gasteiger charge is 2.34. The molecule has 0 aliphatic carbocycles. The van der Waals surface area contributed by atoms with Gasteiger partial charge in [0.1, 0.15) is 5.25 Å². The molecule has 1 N–H and O–H groups in total. The van der Waals surface area contributed by atoms with Crippen LogP contribution in [0, 0.1) is 11.3 Å². The van der Waals surface area contributed by atoms with Crippen LogP contribution in [0.3, 0.4) is 0 Å². The van der Waals surface area contributed by atoms with Gasteiger partial charge in [-0.2, -0.15) is 5.26 Å². The molecule has 1 aliphatic heterocycles. The Labute approximate surface area is 95.7 Å². The Morgan fingerprint density at radius 2 is 2.19 bits per heavy atom. The van der Waals surface area contributed by atoms with Crippen LogP contribution in [0.5, 0.6) is 0 Å². The van der Waals surface area contributed by atoms with Crippen LogP contribution >= 0.6 is 0 Å². The summed E-state index contributed by atoms with van der Waals surface area (Å²) in [6.07, 6.45) is 2.80. The minimum Gasteiger partial charge on any atom is -0.355 e. The Hall–Kier alpha value is -1.09. The first-order chi connectivity index (χ1) is 7.58. The van der Waals surface area contributed by atoms with Gasteiger partial charge in [0.15, 0.2) is 9.84 Å². The molecule has 16 heavy (non-hydrogen) atoms. The second-order valence-corrected chi connectivity index (χ2v) is 6.21. The van der Waals surface area contributed by atoms with Crippen LogP contribution in [-0.4, -0.2) is 31.9 Å². The third kappa shape index (κ3) is 3.49. The summed E-state index contributed by atoms with van der Waals surface area (Å²) in [5.41, 5.74) is 0. The average molecular weight is 244 g/mol. The highest BCUT2D eigenvalue weighted by atomic mass is 32.2. The normalized spacial score (nSPS) is 23.3. The summed E-state index contributed by atoms with van der Waals surface area (Å²) in [6, 6.07) is 1.97. The van der Waals surface area contributed by atoms with Crippen LogP contribution in [-0.2, 0) is 14.6 Å². The molecule has 1 saturated heterocycles. The maximum atomic E-state index is 11.6. The molecule has 0 aromatic heterocycles. The minimum atomic E-state index is -3.24. The number of carbonyl (C=O) groups is 1. The summed E-state index contributed by atoms with van der Waals surface area (Å²) in [5, 5.41) is 10.0. The van der Waals surface area contributed by atoms with Crippen molar-refractivity contribution >= 4 is 15.7 Å². The Morgan fingerprint density at radius 3 is 2.81 bits per heavy atom. The zero-order valence-corrected chi connectivity index (χ0v) is 9.92. The smallest absolute Gasteiger partial charge is 0.238 e. The SMILES string of the molecule is N#CCCCNC(=O)C1CCCCS1(=O)=O. The standard InChI is InChI=1S/C10H16N2O3S/c11-6-2-3-7-12-10(13)9-5-1-4-8-16(9,14)15/h9H,1-5,7-8H2,(H,12,13). The first-order valence-electron chi connectivity index (χ1n) is 5.44. The van der Waals surface area contributed by atoms with Crippen molar-refractivity contribution in [1.29, 1.82) is 5.26 Å². The quantitative estimate of drug-likeness (QED) is 0.724. The van der Waals surface area contributed by atoms with E-state index in [-0.39, 0.29) is 5.75 Å². The molecule has 1 unspecified atom stereocenters. The summed E-state index contributed by atoms with van der Waals surface area (Å²) in [6.45, 7) is 0.373. The molecule has 5 nitrogen and oxygen atoms in total. The van der Waals surface area contributed by atoms with E-state index in [1.807, 2.05) is 6.07 Å². The number of rotatable bonds is 4. The van der Waals surface area contributed by atoms with E-state index in [1.54, 1.807) is 0 Å². The summed E-state index contributed by atoms with van der Waals surface area (Å²) >= 11 is 0. The molecule has 0 aromatic rings. The van der Waals surface area contributed by atoms with Crippen LogP contribution in [0.2, 0.25) is 0 Å². The van der Waals surface area contributed by atoms with Gasteiger partial charge in [-0.1, -0.05) is 6.42 Å². The molecule has 0 bridgehead atoms. The molecule has 0 saturated carbocycles. The van der Waals surface area contributed by atoms with Crippen molar-refractivity contribution in [2.45, 2.75) is 37.4 Å². The highest BCUT2D eigenvalue weighted by Crippen LogP contribution is 2.19. The van der Waals surface area contributed by atoms with E-state index < -0.39 is 21.0 Å². The fourth-order valence-electron chi connectivity index (χ4n) is 1.74. The first-order valence-corrected chi connectivity index (χ1v) is 7.15. The van der Waals surface area contributed by atoms with Gasteiger partial charge in [0.05, 0.1) is 11.8 Å². The summed E-state index contributed by atoms with van der Waals surface area (Å²) in [7, 11) is -3.24. The van der Waals surface area contributed by atoms with Gasteiger partial charge in [-0.15, -0.1) is 0 Å². The molecule has 1 amide bonds. The number of nitrogens with one attached hydrogen (secondary N) is 1. The molecule has 90 valence electrons. The van der Waals surface area contributed by atoms with Gasteiger partial charge in [-0.05, 0) is 19.3 Å². The van der Waals surface area contributed by atoms with Crippen molar-refractivity contribution in [3.8, 4) is 6.07 Å². The molecular weight excluding hydrogens is 228 g/mol. The van der Waals surface area contributed by atoms with Crippen molar-refractivity contribution in [3.63, 3.8) is 0 Å². The number of nitriles is 1. The molecule has 1 aliphatic rings. The lowest BCUT2D eigenvalue weighted by Gasteiger charge is -2.21. The van der Waals surface area contributed by atoms with Crippen LogP contribution in [0.25, 0.3) is 0 Å². The number of hydrogen-bond donors (Lipinski definition) is 1. The van der Waals surface area contributed by atoms with Gasteiger partial charge in [0.25, 0.3) is 0 Å². The van der Waals surface area contributed by atoms with E-state index in [0.29, 0.717) is 32.2 Å². The molecule has 1 rings (SSSR count). The predicted molar refractivity (Wildman–Crippen MR) is 59.3 cm³/mol. The fourth-order valence-corrected chi connectivity index (χ4v) is 3.57. The molecular formula is C10H16N2O3S. The lowest BCUT2D eigenvalue weighted by atomic mass is 10.2. The van der Waals surface area contributed by atoms with E-state index in [4.69, 9.17) is 5.26 Å². The van der Waals surface area contributed by atoms with Crippen molar-refractivity contribution in [1.82, 2.24) is 5.32 Å². The monoisotopic (exact) mass is 244 g/mol. The molecule has 0 spiro atoms. The third-order valence-corrected chi connectivity index (χ3v) is 4.81. The number of amides is 1. The van der Waals surface area contributed by atoms with E-state index >= 15 is 0 Å². The Morgan fingerprint density at radius 1 is 1.44 bits per heavy atom. The van der Waals surface area contributed by atoms with Gasteiger partial charge in [0.2, 0.25) is 5.91 Å². The molecule has 0 radical (unpaired) electrons. The first kappa shape index (κ1) is 13.0. The maximum Gasteiger partial charge on any atom is 0.238 e. The second-order valence-electron chi connectivity index (χ2n) is 3.90. The number of sulfone groups is 1. The number of carbonyl (C=O) groups excluding carboxylic acids is 1. The summed E-state index contributed by atoms with van der Waals surface area (Å²) in [4.78, 5) is 11.6. The number of unbranched alkanes of at least 4 members (excludes halogenated alkanes) is 1. The summed E-state index contributed by atoms with van der Waals surface area (Å²) in [5.74, 6) is -0.291. The fraction of sp³-hybridized carbons (Fsp3) is 0.800. The van der Waals surface area contributed by atoms with Crippen molar-refractivity contribution in [2.24, 2.45) is 0 Å². The van der Waals surface area contributed by atoms with E-state index in [2.05, 4.69) is 5.32 Å². The topological polar surface area (TPSA) is 87.0 Å². The van der Waals surface area contributed by atoms with Crippen LogP contribution < -0.4 is 5.32 Å². The molecule has 0 aromatic carbocycles. The van der Waals surface area contributed by atoms with Gasteiger partial charge >= 0.3 is 0 Å². The Bertz CT molecular complexity index is 383. The average Bonchev–Trinajstić information content (AvgIpc) is 2.23. The van der Waals surface area contributed by atoms with Crippen molar-refractivity contribution in [3.05, 3.63) is 0 Å². The number of nitrogens with zero attached hydrogens (tertiary/aromatic N) is 1. The number of hydrogen-bond acceptors (Lipinski definition) is 4. The lowest BCUT2D eigenvalue weighted by Crippen LogP contribution is -2.43. The highest BCUT2D eigenvalue weighted by molar-refractivity contribution is 7.92. The largest absolute Gasteiger partial charge is 0.355 e. The zero-order valence-electron chi connectivity index (χ0n) is 9.11. The third-order valence-electron chi connectivity index (χ3n) is 2.64. The Balaban J connectivity index is 2.44. The minimum absolute atomic E-state index is 0.114. The predicted octanol–water partition coefficient (Wildman–Crippen LogP) is 0.374. The van der Waals surface area contributed by atoms with Crippen molar-refractivity contribution in [2.75, 3.05) is 12.3 Å². The van der Waals surface area contributed by atoms with Gasteiger partial charge in [0, 0.05) is 13.0 Å². The Kier molecular flexibility index (Phi) is 4.74. The van der Waals surface area contributed by atoms with Crippen LogP contribution in [0.4, 0.5) is 0 Å². The van der Waals surface area contributed by atoms with E-state index in [0.717, 1.165) is 6.42 Å². The van der Waals surface area contributed by atoms with Crippen LogP contribution in [0.1, 0.15) is 32.1 Å².